The van der Waals surface area contributed by atoms with E-state index in [1.807, 2.05) is 48.5 Å². The van der Waals surface area contributed by atoms with Crippen LogP contribution in [0, 0.1) is 6.92 Å². The monoisotopic (exact) mass is 437 g/mol. The van der Waals surface area contributed by atoms with Crippen molar-refractivity contribution in [2.24, 2.45) is 0 Å². The van der Waals surface area contributed by atoms with Crippen molar-refractivity contribution < 1.29 is 4.79 Å². The number of rotatable bonds is 3. The first-order valence-corrected chi connectivity index (χ1v) is 9.95. The van der Waals surface area contributed by atoms with Crippen LogP contribution in [-0.2, 0) is 0 Å². The number of nitrogens with two attached hydrogens (primary N) is 1. The molecule has 1 amide bonds. The van der Waals surface area contributed by atoms with Crippen LogP contribution < -0.4 is 11.1 Å². The number of aromatic nitrogens is 1. The number of amides is 1. The second kappa shape index (κ2) is 7.13. The maximum atomic E-state index is 12.7. The van der Waals surface area contributed by atoms with E-state index in [9.17, 15) is 4.79 Å². The molecule has 0 aliphatic rings. The number of thiophene rings is 1. The number of pyridine rings is 1. The van der Waals surface area contributed by atoms with Gasteiger partial charge in [-0.2, -0.15) is 0 Å². The average molecular weight is 438 g/mol. The van der Waals surface area contributed by atoms with Gasteiger partial charge in [-0.1, -0.05) is 51.8 Å². The maximum Gasteiger partial charge on any atom is 0.267 e. The summed E-state index contributed by atoms with van der Waals surface area (Å²) in [5, 5.41) is 3.69. The van der Waals surface area contributed by atoms with Crippen molar-refractivity contribution in [1.29, 1.82) is 0 Å². The highest BCUT2D eigenvalue weighted by molar-refractivity contribution is 9.10. The van der Waals surface area contributed by atoms with Crippen molar-refractivity contribution in [3.05, 3.63) is 75.6 Å². The van der Waals surface area contributed by atoms with Gasteiger partial charge in [0, 0.05) is 21.1 Å². The Morgan fingerprint density at radius 1 is 1.11 bits per heavy atom. The predicted octanol–water partition coefficient (Wildman–Crippen LogP) is 5.87. The Labute approximate surface area is 169 Å². The lowest BCUT2D eigenvalue weighted by Crippen LogP contribution is -2.11. The van der Waals surface area contributed by atoms with Gasteiger partial charge in [0.2, 0.25) is 0 Å². The lowest BCUT2D eigenvalue weighted by atomic mass is 10.1. The number of halogens is 1. The minimum atomic E-state index is -0.231. The third-order valence-electron chi connectivity index (χ3n) is 4.23. The highest BCUT2D eigenvalue weighted by Crippen LogP contribution is 2.34. The molecule has 0 spiro atoms. The van der Waals surface area contributed by atoms with Crippen LogP contribution in [0.1, 0.15) is 15.2 Å². The fourth-order valence-corrected chi connectivity index (χ4v) is 4.19. The normalized spacial score (nSPS) is 10.9. The number of carbonyl (C=O) groups is 1. The van der Waals surface area contributed by atoms with Gasteiger partial charge in [0.25, 0.3) is 5.91 Å². The number of nitrogens with one attached hydrogen (secondary N) is 1. The maximum absolute atomic E-state index is 12.7. The second-order valence-corrected chi connectivity index (χ2v) is 8.14. The topological polar surface area (TPSA) is 68.0 Å². The number of nitrogen functional groups attached to an aromatic ring is 1. The van der Waals surface area contributed by atoms with E-state index in [4.69, 9.17) is 10.7 Å². The number of fused-ring (bicyclic) bond motifs is 1. The van der Waals surface area contributed by atoms with Crippen LogP contribution in [0.2, 0.25) is 0 Å². The fourth-order valence-electron chi connectivity index (χ4n) is 2.81. The van der Waals surface area contributed by atoms with Crippen LogP contribution in [0.3, 0.4) is 0 Å². The summed E-state index contributed by atoms with van der Waals surface area (Å²) in [6.07, 6.45) is 0. The van der Waals surface area contributed by atoms with E-state index in [0.717, 1.165) is 25.9 Å². The van der Waals surface area contributed by atoms with Crippen LogP contribution in [0.5, 0.6) is 0 Å². The summed E-state index contributed by atoms with van der Waals surface area (Å²) in [4.78, 5) is 18.6. The third kappa shape index (κ3) is 3.59. The summed E-state index contributed by atoms with van der Waals surface area (Å²) < 4.78 is 0.897. The van der Waals surface area contributed by atoms with E-state index in [1.165, 1.54) is 16.9 Å². The molecule has 4 nitrogen and oxygen atoms in total. The summed E-state index contributed by atoms with van der Waals surface area (Å²) in [5.74, 6) is -0.231. The molecule has 2 aromatic heterocycles. The summed E-state index contributed by atoms with van der Waals surface area (Å²) in [5.41, 5.74) is 10.5. The Balaban J connectivity index is 1.68. The second-order valence-electron chi connectivity index (χ2n) is 6.22. The lowest BCUT2D eigenvalue weighted by molar-refractivity contribution is 0.103. The molecule has 0 aliphatic heterocycles. The zero-order valence-electron chi connectivity index (χ0n) is 14.5. The molecule has 0 unspecified atom stereocenters. The number of benzene rings is 2. The van der Waals surface area contributed by atoms with Crippen LogP contribution in [0.25, 0.3) is 21.5 Å². The van der Waals surface area contributed by atoms with Crippen molar-refractivity contribution in [2.75, 3.05) is 11.1 Å². The van der Waals surface area contributed by atoms with Gasteiger partial charge in [-0.3, -0.25) is 4.79 Å². The molecule has 27 heavy (non-hydrogen) atoms. The molecule has 6 heteroatoms. The molecule has 3 N–H and O–H groups in total. The van der Waals surface area contributed by atoms with Gasteiger partial charge in [-0.25, -0.2) is 4.98 Å². The minimum Gasteiger partial charge on any atom is -0.397 e. The summed E-state index contributed by atoms with van der Waals surface area (Å²) in [6, 6.07) is 19.5. The van der Waals surface area contributed by atoms with Gasteiger partial charge in [0.15, 0.2) is 0 Å². The molecular weight excluding hydrogens is 422 g/mol. The molecule has 0 saturated carbocycles. The first-order chi connectivity index (χ1) is 13.0. The largest absolute Gasteiger partial charge is 0.397 e. The molecule has 2 aromatic carbocycles. The van der Waals surface area contributed by atoms with E-state index in [1.54, 1.807) is 0 Å². The molecule has 0 fully saturated rings. The van der Waals surface area contributed by atoms with Crippen LogP contribution >= 0.6 is 27.3 Å². The number of anilines is 2. The molecular formula is C21H16BrN3OS. The van der Waals surface area contributed by atoms with Crippen molar-refractivity contribution in [3.8, 4) is 11.3 Å². The Morgan fingerprint density at radius 3 is 2.63 bits per heavy atom. The average Bonchev–Trinajstić information content (AvgIpc) is 2.99. The van der Waals surface area contributed by atoms with Crippen LogP contribution in [0.15, 0.2) is 65.1 Å². The quantitative estimate of drug-likeness (QED) is 0.421. The third-order valence-corrected chi connectivity index (χ3v) is 5.84. The van der Waals surface area contributed by atoms with Gasteiger partial charge in [0.1, 0.15) is 9.71 Å². The van der Waals surface area contributed by atoms with E-state index in [-0.39, 0.29) is 5.91 Å². The van der Waals surface area contributed by atoms with Gasteiger partial charge in [-0.15, -0.1) is 11.3 Å². The zero-order chi connectivity index (χ0) is 19.0. The van der Waals surface area contributed by atoms with Gasteiger partial charge >= 0.3 is 0 Å². The predicted molar refractivity (Wildman–Crippen MR) is 116 cm³/mol. The molecule has 4 rings (SSSR count). The fraction of sp³-hybridized carbons (Fsp3) is 0.0476. The molecule has 0 atom stereocenters. The first-order valence-electron chi connectivity index (χ1n) is 8.34. The van der Waals surface area contributed by atoms with Gasteiger partial charge in [0.05, 0.1) is 11.4 Å². The zero-order valence-corrected chi connectivity index (χ0v) is 16.9. The highest BCUT2D eigenvalue weighted by atomic mass is 79.9. The molecule has 134 valence electrons. The number of hydrogen-bond acceptors (Lipinski definition) is 4. The van der Waals surface area contributed by atoms with E-state index < -0.39 is 0 Å². The Hall–Kier alpha value is -2.70. The van der Waals surface area contributed by atoms with Gasteiger partial charge < -0.3 is 11.1 Å². The Morgan fingerprint density at radius 2 is 1.89 bits per heavy atom. The minimum absolute atomic E-state index is 0.231. The van der Waals surface area contributed by atoms with Crippen molar-refractivity contribution >= 4 is 54.8 Å². The summed E-state index contributed by atoms with van der Waals surface area (Å²) >= 11 is 4.71. The SMILES string of the molecule is Cc1ccc(-c2ccc3c(N)c(C(=O)Nc4cccc(Br)c4)sc3n2)cc1. The summed E-state index contributed by atoms with van der Waals surface area (Å²) in [6.45, 7) is 2.05. The first kappa shape index (κ1) is 17.7. The molecule has 0 bridgehead atoms. The number of aryl methyl sites for hydroxylation is 1. The molecule has 2 heterocycles. The molecule has 4 aromatic rings. The van der Waals surface area contributed by atoms with Crippen molar-refractivity contribution in [3.63, 3.8) is 0 Å². The number of carbonyl (C=O) groups excluding carboxylic acids is 1. The highest BCUT2D eigenvalue weighted by Gasteiger charge is 2.18. The van der Waals surface area contributed by atoms with Gasteiger partial charge in [-0.05, 0) is 37.3 Å². The van der Waals surface area contributed by atoms with E-state index in [2.05, 4.69) is 40.3 Å². The smallest absolute Gasteiger partial charge is 0.267 e. The van der Waals surface area contributed by atoms with E-state index in [0.29, 0.717) is 16.3 Å². The molecule has 0 aliphatic carbocycles. The van der Waals surface area contributed by atoms with Crippen molar-refractivity contribution in [2.45, 2.75) is 6.92 Å². The Kier molecular flexibility index (Phi) is 4.68. The number of nitrogens with zero attached hydrogens (tertiary/aromatic N) is 1. The molecule has 0 radical (unpaired) electrons. The van der Waals surface area contributed by atoms with Crippen LogP contribution in [-0.4, -0.2) is 10.9 Å². The lowest BCUT2D eigenvalue weighted by Gasteiger charge is -2.04. The summed E-state index contributed by atoms with van der Waals surface area (Å²) in [7, 11) is 0. The standard InChI is InChI=1S/C21H16BrN3OS/c1-12-5-7-13(8-6-12)17-10-9-16-18(23)19(27-21(16)25-17)20(26)24-15-4-2-3-14(22)11-15/h2-11H,23H2,1H3,(H,24,26). The molecule has 0 saturated heterocycles. The van der Waals surface area contributed by atoms with E-state index >= 15 is 0 Å². The number of hydrogen-bond donors (Lipinski definition) is 2. The Bertz CT molecular complexity index is 1150. The van der Waals surface area contributed by atoms with Crippen LogP contribution in [0.4, 0.5) is 11.4 Å². The van der Waals surface area contributed by atoms with Crippen molar-refractivity contribution in [1.82, 2.24) is 4.98 Å².